The molecule has 5 heteroatoms. The van der Waals surface area contributed by atoms with Crippen LogP contribution in [-0.2, 0) is 17.8 Å². The zero-order valence-electron chi connectivity index (χ0n) is 17.7. The van der Waals surface area contributed by atoms with Crippen molar-refractivity contribution in [2.24, 2.45) is 0 Å². The minimum atomic E-state index is -0.240. The van der Waals surface area contributed by atoms with Gasteiger partial charge in [-0.1, -0.05) is 72.8 Å². The van der Waals surface area contributed by atoms with E-state index in [0.29, 0.717) is 17.9 Å². The van der Waals surface area contributed by atoms with E-state index in [-0.39, 0.29) is 24.5 Å². The molecule has 5 nitrogen and oxygen atoms in total. The maximum atomic E-state index is 12.6. The van der Waals surface area contributed by atoms with E-state index in [4.69, 9.17) is 4.74 Å². The topological polar surface area (TPSA) is 67.4 Å². The third-order valence-electron chi connectivity index (χ3n) is 4.90. The average molecular weight is 417 g/mol. The van der Waals surface area contributed by atoms with Crippen LogP contribution in [-0.4, -0.2) is 24.5 Å². The third kappa shape index (κ3) is 7.30. The number of para-hydroxylation sites is 1. The Balaban J connectivity index is 1.47. The molecule has 0 aromatic heterocycles. The van der Waals surface area contributed by atoms with Crippen LogP contribution in [0, 0.1) is 0 Å². The molecule has 0 heterocycles. The molecule has 160 valence electrons. The van der Waals surface area contributed by atoms with E-state index in [1.165, 1.54) is 5.56 Å². The molecule has 0 bridgehead atoms. The smallest absolute Gasteiger partial charge is 0.258 e. The molecule has 0 aliphatic rings. The van der Waals surface area contributed by atoms with Gasteiger partial charge in [0, 0.05) is 12.6 Å². The number of amides is 2. The molecule has 0 fully saturated rings. The Hall–Kier alpha value is -3.60. The largest absolute Gasteiger partial charge is 0.483 e. The second kappa shape index (κ2) is 11.6. The van der Waals surface area contributed by atoms with E-state index >= 15 is 0 Å². The first-order chi connectivity index (χ1) is 15.1. The normalized spacial score (nSPS) is 11.4. The molecular formula is C26H28N2O3. The first-order valence-corrected chi connectivity index (χ1v) is 10.5. The molecule has 31 heavy (non-hydrogen) atoms. The standard InChI is InChI=1S/C26H28N2O3/c1-20(16-17-21-10-4-2-5-11-21)28-25(29)19-31-24-15-9-8-14-23(24)26(30)27-18-22-12-6-3-7-13-22/h2-15,20H,16-19H2,1H3,(H,27,30)(H,28,29)/t20-/m0/s1. The highest BCUT2D eigenvalue weighted by Crippen LogP contribution is 2.18. The van der Waals surface area contributed by atoms with Crippen LogP contribution in [0.3, 0.4) is 0 Å². The Morgan fingerprint density at radius 1 is 0.839 bits per heavy atom. The summed E-state index contributed by atoms with van der Waals surface area (Å²) in [5.41, 5.74) is 2.66. The molecule has 3 aromatic carbocycles. The van der Waals surface area contributed by atoms with Gasteiger partial charge in [0.25, 0.3) is 11.8 Å². The molecule has 0 saturated heterocycles. The molecule has 0 spiro atoms. The fraction of sp³-hybridized carbons (Fsp3) is 0.231. The highest BCUT2D eigenvalue weighted by molar-refractivity contribution is 5.97. The summed E-state index contributed by atoms with van der Waals surface area (Å²) >= 11 is 0. The van der Waals surface area contributed by atoms with E-state index in [1.807, 2.05) is 55.5 Å². The maximum absolute atomic E-state index is 12.6. The first kappa shape index (κ1) is 22.1. The van der Waals surface area contributed by atoms with Gasteiger partial charge in [0.05, 0.1) is 5.56 Å². The second-order valence-electron chi connectivity index (χ2n) is 7.45. The molecule has 1 atom stereocenters. The van der Waals surface area contributed by atoms with Gasteiger partial charge in [-0.2, -0.15) is 0 Å². The van der Waals surface area contributed by atoms with Crippen molar-refractivity contribution in [3.05, 3.63) is 102 Å². The second-order valence-corrected chi connectivity index (χ2v) is 7.45. The third-order valence-corrected chi connectivity index (χ3v) is 4.90. The Morgan fingerprint density at radius 2 is 1.45 bits per heavy atom. The highest BCUT2D eigenvalue weighted by Gasteiger charge is 2.14. The van der Waals surface area contributed by atoms with Crippen LogP contribution in [0.15, 0.2) is 84.9 Å². The summed E-state index contributed by atoms with van der Waals surface area (Å²) in [6, 6.07) is 26.8. The van der Waals surface area contributed by atoms with Crippen molar-refractivity contribution < 1.29 is 14.3 Å². The molecule has 2 N–H and O–H groups in total. The van der Waals surface area contributed by atoms with Crippen LogP contribution in [0.25, 0.3) is 0 Å². The van der Waals surface area contributed by atoms with Crippen LogP contribution in [0.2, 0.25) is 0 Å². The molecule has 0 radical (unpaired) electrons. The quantitative estimate of drug-likeness (QED) is 0.522. The number of aryl methyl sites for hydroxylation is 1. The molecule has 0 unspecified atom stereocenters. The van der Waals surface area contributed by atoms with Gasteiger partial charge in [0.1, 0.15) is 5.75 Å². The van der Waals surface area contributed by atoms with Gasteiger partial charge in [-0.25, -0.2) is 0 Å². The molecule has 3 aromatic rings. The summed E-state index contributed by atoms with van der Waals surface area (Å²) in [5, 5.41) is 5.84. The van der Waals surface area contributed by atoms with Crippen molar-refractivity contribution in [1.29, 1.82) is 0 Å². The number of nitrogens with one attached hydrogen (secondary N) is 2. The summed E-state index contributed by atoms with van der Waals surface area (Å²) in [7, 11) is 0. The minimum absolute atomic E-state index is 0.0284. The van der Waals surface area contributed by atoms with Crippen LogP contribution >= 0.6 is 0 Å². The Labute approximate surface area is 183 Å². The van der Waals surface area contributed by atoms with Crippen molar-refractivity contribution in [3.8, 4) is 5.75 Å². The number of carbonyl (C=O) groups excluding carboxylic acids is 2. The summed E-state index contributed by atoms with van der Waals surface area (Å²) in [6.45, 7) is 2.26. The molecular weight excluding hydrogens is 388 g/mol. The van der Waals surface area contributed by atoms with E-state index in [0.717, 1.165) is 18.4 Å². The van der Waals surface area contributed by atoms with Crippen LogP contribution in [0.5, 0.6) is 5.75 Å². The summed E-state index contributed by atoms with van der Waals surface area (Å²) in [5.74, 6) is -0.0590. The highest BCUT2D eigenvalue weighted by atomic mass is 16.5. The minimum Gasteiger partial charge on any atom is -0.483 e. The predicted molar refractivity (Wildman–Crippen MR) is 122 cm³/mol. The SMILES string of the molecule is C[C@@H](CCc1ccccc1)NC(=O)COc1ccccc1C(=O)NCc1ccccc1. The van der Waals surface area contributed by atoms with Gasteiger partial charge in [0.15, 0.2) is 6.61 Å². The number of hydrogen-bond acceptors (Lipinski definition) is 3. The molecule has 0 saturated carbocycles. The maximum Gasteiger partial charge on any atom is 0.258 e. The Bertz CT molecular complexity index is 974. The van der Waals surface area contributed by atoms with E-state index in [1.54, 1.807) is 24.3 Å². The van der Waals surface area contributed by atoms with Gasteiger partial charge >= 0.3 is 0 Å². The van der Waals surface area contributed by atoms with Crippen molar-refractivity contribution in [2.75, 3.05) is 6.61 Å². The zero-order valence-corrected chi connectivity index (χ0v) is 17.7. The van der Waals surface area contributed by atoms with Crippen molar-refractivity contribution in [1.82, 2.24) is 10.6 Å². The fourth-order valence-corrected chi connectivity index (χ4v) is 3.21. The number of benzene rings is 3. The van der Waals surface area contributed by atoms with Gasteiger partial charge in [-0.05, 0) is 43.0 Å². The number of rotatable bonds is 10. The summed E-state index contributed by atoms with van der Waals surface area (Å²) < 4.78 is 5.66. The van der Waals surface area contributed by atoms with Crippen LogP contribution < -0.4 is 15.4 Å². The van der Waals surface area contributed by atoms with E-state index in [2.05, 4.69) is 22.8 Å². The van der Waals surface area contributed by atoms with Gasteiger partial charge < -0.3 is 15.4 Å². The van der Waals surface area contributed by atoms with Gasteiger partial charge in [-0.15, -0.1) is 0 Å². The van der Waals surface area contributed by atoms with Crippen LogP contribution in [0.4, 0.5) is 0 Å². The van der Waals surface area contributed by atoms with Gasteiger partial charge in [-0.3, -0.25) is 9.59 Å². The summed E-state index contributed by atoms with van der Waals surface area (Å²) in [6.07, 6.45) is 1.74. The zero-order chi connectivity index (χ0) is 21.9. The average Bonchev–Trinajstić information content (AvgIpc) is 2.81. The molecule has 3 rings (SSSR count). The Morgan fingerprint density at radius 3 is 2.16 bits per heavy atom. The van der Waals surface area contributed by atoms with Crippen molar-refractivity contribution in [3.63, 3.8) is 0 Å². The Kier molecular flexibility index (Phi) is 8.23. The lowest BCUT2D eigenvalue weighted by atomic mass is 10.1. The number of hydrogen-bond donors (Lipinski definition) is 2. The monoisotopic (exact) mass is 416 g/mol. The van der Waals surface area contributed by atoms with Crippen molar-refractivity contribution in [2.45, 2.75) is 32.4 Å². The first-order valence-electron chi connectivity index (χ1n) is 10.5. The lowest BCUT2D eigenvalue weighted by molar-refractivity contribution is -0.123. The molecule has 0 aliphatic heterocycles. The fourth-order valence-electron chi connectivity index (χ4n) is 3.21. The summed E-state index contributed by atoms with van der Waals surface area (Å²) in [4.78, 5) is 24.9. The van der Waals surface area contributed by atoms with Crippen molar-refractivity contribution >= 4 is 11.8 Å². The predicted octanol–water partition coefficient (Wildman–Crippen LogP) is 4.13. The lowest BCUT2D eigenvalue weighted by Crippen LogP contribution is -2.36. The van der Waals surface area contributed by atoms with E-state index < -0.39 is 0 Å². The number of carbonyl (C=O) groups is 2. The lowest BCUT2D eigenvalue weighted by Gasteiger charge is -2.15. The van der Waals surface area contributed by atoms with Gasteiger partial charge in [0.2, 0.25) is 0 Å². The van der Waals surface area contributed by atoms with E-state index in [9.17, 15) is 9.59 Å². The number of ether oxygens (including phenoxy) is 1. The molecule has 2 amide bonds. The van der Waals surface area contributed by atoms with Crippen LogP contribution in [0.1, 0.15) is 34.8 Å². The molecule has 0 aliphatic carbocycles.